The number of aryl methyl sites for hydroxylation is 1. The van der Waals surface area contributed by atoms with Crippen LogP contribution in [0.4, 0.5) is 4.79 Å². The summed E-state index contributed by atoms with van der Waals surface area (Å²) in [6, 6.07) is 5.56. The van der Waals surface area contributed by atoms with Gasteiger partial charge in [-0.1, -0.05) is 29.8 Å². The topological polar surface area (TPSA) is 114 Å². The summed E-state index contributed by atoms with van der Waals surface area (Å²) in [6.07, 6.45) is 1.63. The molecule has 1 rings (SSSR count). The van der Waals surface area contributed by atoms with E-state index in [-0.39, 0.29) is 32.0 Å². The largest absolute Gasteiger partial charge is 0.466 e. The Kier molecular flexibility index (Phi) is 13.4. The first-order valence-corrected chi connectivity index (χ1v) is 13.6. The monoisotopic (exact) mass is 523 g/mol. The summed E-state index contributed by atoms with van der Waals surface area (Å²) >= 11 is 1.55. The van der Waals surface area contributed by atoms with Gasteiger partial charge in [0.25, 0.3) is 0 Å². The number of nitrogens with zero attached hydrogens (tertiary/aromatic N) is 1. The minimum Gasteiger partial charge on any atom is -0.466 e. The zero-order valence-corrected chi connectivity index (χ0v) is 23.3. The third kappa shape index (κ3) is 10.9. The Labute approximate surface area is 219 Å². The summed E-state index contributed by atoms with van der Waals surface area (Å²) in [7, 11) is 0. The minimum absolute atomic E-state index is 0.0245. The van der Waals surface area contributed by atoms with Crippen molar-refractivity contribution in [2.24, 2.45) is 0 Å². The van der Waals surface area contributed by atoms with Crippen molar-refractivity contribution in [3.8, 4) is 0 Å². The standard InChI is InChI=1S/C26H41N3O6S/c1-8-29(24(32)20(14-16-36-7)28-25(33)35-26(4,5)6)22(19-12-10-11-18(3)17-19)23(31)27-15-13-21(30)34-9-2/h10-12,17,20,22H,8-9,13-16H2,1-7H3,(H,27,31)(H,28,33). The number of thioether (sulfide) groups is 1. The summed E-state index contributed by atoms with van der Waals surface area (Å²) in [5, 5.41) is 5.46. The normalized spacial score (nSPS) is 12.8. The Balaban J connectivity index is 3.24. The van der Waals surface area contributed by atoms with E-state index in [1.807, 2.05) is 31.4 Å². The van der Waals surface area contributed by atoms with Crippen molar-refractivity contribution in [2.45, 2.75) is 72.1 Å². The molecule has 36 heavy (non-hydrogen) atoms. The van der Waals surface area contributed by atoms with Gasteiger partial charge in [0.1, 0.15) is 17.7 Å². The van der Waals surface area contributed by atoms with E-state index in [0.29, 0.717) is 17.7 Å². The van der Waals surface area contributed by atoms with Crippen LogP contribution in [0.3, 0.4) is 0 Å². The molecule has 0 heterocycles. The van der Waals surface area contributed by atoms with Crippen molar-refractivity contribution in [3.05, 3.63) is 35.4 Å². The number of nitrogens with one attached hydrogen (secondary N) is 2. The second-order valence-corrected chi connectivity index (χ2v) is 10.3. The molecule has 0 aromatic heterocycles. The maximum Gasteiger partial charge on any atom is 0.408 e. The molecule has 1 aromatic rings. The van der Waals surface area contributed by atoms with Crippen molar-refractivity contribution in [3.63, 3.8) is 0 Å². The summed E-state index contributed by atoms with van der Waals surface area (Å²) in [5.41, 5.74) is 0.857. The first kappa shape index (κ1) is 31.3. The van der Waals surface area contributed by atoms with Gasteiger partial charge in [-0.15, -0.1) is 0 Å². The second-order valence-electron chi connectivity index (χ2n) is 9.27. The fraction of sp³-hybridized carbons (Fsp3) is 0.615. The summed E-state index contributed by atoms with van der Waals surface area (Å²) < 4.78 is 10.3. The van der Waals surface area contributed by atoms with Crippen LogP contribution in [0, 0.1) is 6.92 Å². The third-order valence-corrected chi connectivity index (χ3v) is 5.72. The predicted octanol–water partition coefficient (Wildman–Crippen LogP) is 3.60. The number of rotatable bonds is 13. The smallest absolute Gasteiger partial charge is 0.408 e. The van der Waals surface area contributed by atoms with E-state index in [4.69, 9.17) is 9.47 Å². The molecular weight excluding hydrogens is 482 g/mol. The maximum absolute atomic E-state index is 13.7. The number of hydrogen-bond donors (Lipinski definition) is 2. The zero-order chi connectivity index (χ0) is 27.3. The van der Waals surface area contributed by atoms with E-state index < -0.39 is 35.7 Å². The molecule has 2 N–H and O–H groups in total. The molecule has 0 spiro atoms. The molecule has 0 saturated carbocycles. The van der Waals surface area contributed by atoms with Crippen molar-refractivity contribution in [1.29, 1.82) is 0 Å². The number of amides is 3. The van der Waals surface area contributed by atoms with Gasteiger partial charge in [-0.25, -0.2) is 4.79 Å². The lowest BCUT2D eigenvalue weighted by Gasteiger charge is -2.34. The van der Waals surface area contributed by atoms with Crippen molar-refractivity contribution in [1.82, 2.24) is 15.5 Å². The molecule has 0 aliphatic carbocycles. The number of alkyl carbamates (subject to hydrolysis) is 1. The lowest BCUT2D eigenvalue weighted by atomic mass is 10.0. The molecule has 9 nitrogen and oxygen atoms in total. The summed E-state index contributed by atoms with van der Waals surface area (Å²) in [4.78, 5) is 52.8. The van der Waals surface area contributed by atoms with Crippen LogP contribution in [0.2, 0.25) is 0 Å². The highest BCUT2D eigenvalue weighted by Crippen LogP contribution is 2.24. The van der Waals surface area contributed by atoms with Gasteiger partial charge in [0.15, 0.2) is 0 Å². The average molecular weight is 524 g/mol. The summed E-state index contributed by atoms with van der Waals surface area (Å²) in [5.74, 6) is -0.581. The van der Waals surface area contributed by atoms with Crippen LogP contribution in [0.5, 0.6) is 0 Å². The number of likely N-dealkylation sites (N-methyl/N-ethyl adjacent to an activating group) is 1. The number of esters is 1. The zero-order valence-electron chi connectivity index (χ0n) is 22.5. The van der Waals surface area contributed by atoms with E-state index in [0.717, 1.165) is 5.56 Å². The molecule has 0 aliphatic heterocycles. The van der Waals surface area contributed by atoms with Crippen LogP contribution in [0.15, 0.2) is 24.3 Å². The quantitative estimate of drug-likeness (QED) is 0.380. The number of ether oxygens (including phenoxy) is 2. The minimum atomic E-state index is -0.943. The molecule has 0 radical (unpaired) electrons. The SMILES string of the molecule is CCOC(=O)CCNC(=O)C(c1cccc(C)c1)N(CC)C(=O)C(CCSC)NC(=O)OC(C)(C)C. The maximum atomic E-state index is 13.7. The van der Waals surface area contributed by atoms with Gasteiger partial charge >= 0.3 is 12.1 Å². The van der Waals surface area contributed by atoms with Gasteiger partial charge in [0.05, 0.1) is 13.0 Å². The van der Waals surface area contributed by atoms with Gasteiger partial charge in [0, 0.05) is 13.1 Å². The number of hydrogen-bond acceptors (Lipinski definition) is 7. The summed E-state index contributed by atoms with van der Waals surface area (Å²) in [6.45, 7) is 11.2. The van der Waals surface area contributed by atoms with Crippen molar-refractivity contribution >= 4 is 35.6 Å². The Bertz CT molecular complexity index is 887. The Morgan fingerprint density at radius 1 is 1.14 bits per heavy atom. The first-order chi connectivity index (χ1) is 16.9. The van der Waals surface area contributed by atoms with Crippen molar-refractivity contribution < 1.29 is 28.7 Å². The van der Waals surface area contributed by atoms with Crippen LogP contribution in [-0.2, 0) is 23.9 Å². The molecule has 0 bridgehead atoms. The van der Waals surface area contributed by atoms with E-state index in [1.165, 1.54) is 4.90 Å². The molecule has 0 saturated heterocycles. The molecule has 3 amide bonds. The Morgan fingerprint density at radius 2 is 1.83 bits per heavy atom. The molecule has 2 atom stereocenters. The highest BCUT2D eigenvalue weighted by atomic mass is 32.2. The fourth-order valence-electron chi connectivity index (χ4n) is 3.54. The van der Waals surface area contributed by atoms with E-state index in [1.54, 1.807) is 52.4 Å². The number of carbonyl (C=O) groups is 4. The molecule has 0 aliphatic rings. The Hall–Kier alpha value is -2.75. The average Bonchev–Trinajstić information content (AvgIpc) is 2.78. The van der Waals surface area contributed by atoms with Gasteiger partial charge < -0.3 is 25.0 Å². The van der Waals surface area contributed by atoms with E-state index in [2.05, 4.69) is 10.6 Å². The Morgan fingerprint density at radius 3 is 2.39 bits per heavy atom. The number of carbonyl (C=O) groups excluding carboxylic acids is 4. The van der Waals surface area contributed by atoms with Crippen LogP contribution in [0.25, 0.3) is 0 Å². The lowest BCUT2D eigenvalue weighted by Crippen LogP contribution is -2.53. The predicted molar refractivity (Wildman–Crippen MR) is 142 cm³/mol. The van der Waals surface area contributed by atoms with E-state index in [9.17, 15) is 19.2 Å². The van der Waals surface area contributed by atoms with Gasteiger partial charge in [-0.05, 0) is 65.5 Å². The second kappa shape index (κ2) is 15.4. The highest BCUT2D eigenvalue weighted by Gasteiger charge is 2.35. The lowest BCUT2D eigenvalue weighted by molar-refractivity contribution is -0.144. The molecule has 0 fully saturated rings. The number of benzene rings is 1. The highest BCUT2D eigenvalue weighted by molar-refractivity contribution is 7.98. The van der Waals surface area contributed by atoms with Gasteiger partial charge in [-0.2, -0.15) is 11.8 Å². The van der Waals surface area contributed by atoms with Crippen LogP contribution >= 0.6 is 11.8 Å². The van der Waals surface area contributed by atoms with Crippen LogP contribution < -0.4 is 10.6 Å². The fourth-order valence-corrected chi connectivity index (χ4v) is 4.01. The van der Waals surface area contributed by atoms with Gasteiger partial charge in [-0.3, -0.25) is 14.4 Å². The molecule has 202 valence electrons. The van der Waals surface area contributed by atoms with E-state index >= 15 is 0 Å². The van der Waals surface area contributed by atoms with Crippen LogP contribution in [-0.4, -0.2) is 72.1 Å². The molecule has 10 heteroatoms. The molecular formula is C26H41N3O6S. The van der Waals surface area contributed by atoms with Gasteiger partial charge in [0.2, 0.25) is 11.8 Å². The molecule has 1 aromatic carbocycles. The third-order valence-electron chi connectivity index (χ3n) is 5.08. The first-order valence-electron chi connectivity index (χ1n) is 12.2. The van der Waals surface area contributed by atoms with Crippen molar-refractivity contribution in [2.75, 3.05) is 31.7 Å². The molecule has 2 unspecified atom stereocenters. The van der Waals surface area contributed by atoms with Crippen LogP contribution in [0.1, 0.15) is 64.6 Å².